The second kappa shape index (κ2) is 9.63. The van der Waals surface area contributed by atoms with E-state index in [1.807, 2.05) is 42.9 Å². The molecular weight excluding hydrogens is 464 g/mol. The molecule has 2 aromatic heterocycles. The molecule has 7 nitrogen and oxygen atoms in total. The Kier molecular flexibility index (Phi) is 6.86. The Bertz CT molecular complexity index is 1180. The van der Waals surface area contributed by atoms with Gasteiger partial charge in [0.25, 0.3) is 0 Å². The topological polar surface area (TPSA) is 86.8 Å². The minimum Gasteiger partial charge on any atom is -0.316 e. The summed E-state index contributed by atoms with van der Waals surface area (Å²) in [6.45, 7) is 2.05. The Balaban J connectivity index is 1.54. The summed E-state index contributed by atoms with van der Waals surface area (Å²) in [6, 6.07) is 9.75. The Morgan fingerprint density at radius 1 is 1.34 bits per heavy atom. The molecule has 1 aliphatic carbocycles. The molecule has 1 aromatic carbocycles. The van der Waals surface area contributed by atoms with Crippen molar-refractivity contribution in [1.29, 1.82) is 5.26 Å². The van der Waals surface area contributed by atoms with Gasteiger partial charge in [-0.2, -0.15) is 5.26 Å². The van der Waals surface area contributed by atoms with Gasteiger partial charge >= 0.3 is 0 Å². The van der Waals surface area contributed by atoms with Gasteiger partial charge in [-0.1, -0.05) is 23.4 Å². The van der Waals surface area contributed by atoms with Crippen LogP contribution in [0.4, 0.5) is 5.00 Å². The predicted molar refractivity (Wildman–Crippen MR) is 129 cm³/mol. The Morgan fingerprint density at radius 3 is 2.78 bits per heavy atom. The fourth-order valence-corrected chi connectivity index (χ4v) is 5.75. The third kappa shape index (κ3) is 4.55. The predicted octanol–water partition coefficient (Wildman–Crippen LogP) is 4.70. The molecule has 0 fully saturated rings. The van der Waals surface area contributed by atoms with E-state index in [1.54, 1.807) is 0 Å². The number of fused-ring (bicyclic) bond motifs is 1. The van der Waals surface area contributed by atoms with Gasteiger partial charge in [0.1, 0.15) is 11.1 Å². The third-order valence-electron chi connectivity index (χ3n) is 5.51. The lowest BCUT2D eigenvalue weighted by atomic mass is 10.1. The van der Waals surface area contributed by atoms with Crippen LogP contribution in [0.5, 0.6) is 0 Å². The van der Waals surface area contributed by atoms with Crippen LogP contribution in [-0.2, 0) is 17.6 Å². The zero-order valence-electron chi connectivity index (χ0n) is 18.1. The molecule has 0 spiro atoms. The second-order valence-corrected chi connectivity index (χ2v) is 10.3. The minimum atomic E-state index is -0.167. The number of nitriles is 1. The molecule has 2 heterocycles. The van der Waals surface area contributed by atoms with Gasteiger partial charge in [-0.05, 0) is 70.1 Å². The summed E-state index contributed by atoms with van der Waals surface area (Å²) in [5.74, 6) is 0.774. The van der Waals surface area contributed by atoms with Crippen LogP contribution >= 0.6 is 34.7 Å². The summed E-state index contributed by atoms with van der Waals surface area (Å²) in [5.41, 5.74) is 2.60. The van der Waals surface area contributed by atoms with Crippen LogP contribution in [-0.4, -0.2) is 45.4 Å². The maximum atomic E-state index is 12.7. The molecule has 4 rings (SSSR count). The fourth-order valence-electron chi connectivity index (χ4n) is 3.61. The van der Waals surface area contributed by atoms with E-state index in [9.17, 15) is 10.1 Å². The highest BCUT2D eigenvalue weighted by Gasteiger charge is 2.24. The van der Waals surface area contributed by atoms with Crippen molar-refractivity contribution >= 4 is 45.6 Å². The maximum Gasteiger partial charge on any atom is 0.235 e. The molecule has 0 radical (unpaired) electrons. The zero-order chi connectivity index (χ0) is 22.8. The molecule has 0 bridgehead atoms. The van der Waals surface area contributed by atoms with Crippen LogP contribution in [0, 0.1) is 11.3 Å². The van der Waals surface area contributed by atoms with E-state index < -0.39 is 0 Å². The number of rotatable bonds is 7. The van der Waals surface area contributed by atoms with Crippen molar-refractivity contribution in [2.75, 3.05) is 25.2 Å². The number of aromatic nitrogens is 3. The fraction of sp³-hybridized carbons (Fsp3) is 0.364. The van der Waals surface area contributed by atoms with Gasteiger partial charge in [0.05, 0.1) is 17.4 Å². The lowest BCUT2D eigenvalue weighted by Crippen LogP contribution is -2.21. The first-order chi connectivity index (χ1) is 15.4. The SMILES string of the molecule is CC(c1nnc(SCC(=O)Nc2sc3c(c2C#N)CCC3)n1-c1ccc(Cl)cc1)N(C)C. The first-order valence-corrected chi connectivity index (χ1v) is 12.4. The lowest BCUT2D eigenvalue weighted by Gasteiger charge is -2.20. The largest absolute Gasteiger partial charge is 0.316 e. The molecule has 1 aliphatic rings. The summed E-state index contributed by atoms with van der Waals surface area (Å²) < 4.78 is 1.96. The highest BCUT2D eigenvalue weighted by Crippen LogP contribution is 2.38. The van der Waals surface area contributed by atoms with Gasteiger partial charge in [-0.15, -0.1) is 21.5 Å². The number of aryl methyl sites for hydroxylation is 1. The molecule has 0 saturated carbocycles. The van der Waals surface area contributed by atoms with Crippen LogP contribution in [0.1, 0.15) is 41.2 Å². The number of nitrogens with zero attached hydrogens (tertiary/aromatic N) is 5. The summed E-state index contributed by atoms with van der Waals surface area (Å²) in [4.78, 5) is 16.0. The number of benzene rings is 1. The van der Waals surface area contributed by atoms with Crippen molar-refractivity contribution < 1.29 is 4.79 Å². The standard InChI is InChI=1S/C22H23ClN6OS2/c1-13(28(2)3)20-26-27-22(29(20)15-9-7-14(23)8-10-15)31-12-19(30)25-21-17(11-24)16-5-4-6-18(16)32-21/h7-10,13H,4-6,12H2,1-3H3,(H,25,30). The van der Waals surface area contributed by atoms with Crippen LogP contribution in [0.15, 0.2) is 29.4 Å². The van der Waals surface area contributed by atoms with Gasteiger partial charge in [0.2, 0.25) is 5.91 Å². The number of thiophene rings is 1. The molecule has 1 N–H and O–H groups in total. The Labute approximate surface area is 200 Å². The lowest BCUT2D eigenvalue weighted by molar-refractivity contribution is -0.113. The first kappa shape index (κ1) is 22.8. The van der Waals surface area contributed by atoms with Gasteiger partial charge in [0, 0.05) is 15.6 Å². The number of nitrogens with one attached hydrogen (secondary N) is 1. The summed E-state index contributed by atoms with van der Waals surface area (Å²) in [7, 11) is 3.97. The highest BCUT2D eigenvalue weighted by atomic mass is 35.5. The van der Waals surface area contributed by atoms with Crippen molar-refractivity contribution in [2.24, 2.45) is 0 Å². The number of thioether (sulfide) groups is 1. The third-order valence-corrected chi connectivity index (χ3v) is 7.90. The van der Waals surface area contributed by atoms with E-state index >= 15 is 0 Å². The molecule has 3 aromatic rings. The first-order valence-electron chi connectivity index (χ1n) is 10.2. The van der Waals surface area contributed by atoms with Crippen molar-refractivity contribution in [1.82, 2.24) is 19.7 Å². The summed E-state index contributed by atoms with van der Waals surface area (Å²) in [6.07, 6.45) is 2.97. The van der Waals surface area contributed by atoms with E-state index in [-0.39, 0.29) is 17.7 Å². The van der Waals surface area contributed by atoms with Gasteiger partial charge < -0.3 is 5.32 Å². The van der Waals surface area contributed by atoms with Crippen LogP contribution < -0.4 is 5.32 Å². The smallest absolute Gasteiger partial charge is 0.235 e. The number of carbonyl (C=O) groups is 1. The quantitative estimate of drug-likeness (QED) is 0.487. The van der Waals surface area contributed by atoms with Crippen molar-refractivity contribution in [3.8, 4) is 11.8 Å². The van der Waals surface area contributed by atoms with Gasteiger partial charge in [0.15, 0.2) is 11.0 Å². The van der Waals surface area contributed by atoms with Crippen LogP contribution in [0.3, 0.4) is 0 Å². The highest BCUT2D eigenvalue weighted by molar-refractivity contribution is 7.99. The number of hydrogen-bond donors (Lipinski definition) is 1. The number of halogens is 1. The molecule has 32 heavy (non-hydrogen) atoms. The molecule has 166 valence electrons. The monoisotopic (exact) mass is 486 g/mol. The van der Waals surface area contributed by atoms with Crippen LogP contribution in [0.25, 0.3) is 5.69 Å². The molecule has 0 aliphatic heterocycles. The normalized spacial score (nSPS) is 13.8. The Hall–Kier alpha value is -2.38. The molecule has 1 atom stereocenters. The molecule has 1 amide bonds. The Morgan fingerprint density at radius 2 is 2.09 bits per heavy atom. The van der Waals surface area contributed by atoms with Crippen molar-refractivity contribution in [3.05, 3.63) is 51.1 Å². The number of hydrogen-bond acceptors (Lipinski definition) is 7. The molecule has 10 heteroatoms. The van der Waals surface area contributed by atoms with Crippen LogP contribution in [0.2, 0.25) is 5.02 Å². The average Bonchev–Trinajstić information content (AvgIpc) is 3.46. The van der Waals surface area contributed by atoms with Crippen molar-refractivity contribution in [3.63, 3.8) is 0 Å². The van der Waals surface area contributed by atoms with E-state index in [1.165, 1.54) is 28.0 Å². The molecule has 1 unspecified atom stereocenters. The zero-order valence-corrected chi connectivity index (χ0v) is 20.4. The summed E-state index contributed by atoms with van der Waals surface area (Å²) >= 11 is 8.90. The van der Waals surface area contributed by atoms with E-state index in [2.05, 4.69) is 33.4 Å². The maximum absolute atomic E-state index is 12.7. The van der Waals surface area contributed by atoms with E-state index in [0.29, 0.717) is 20.7 Å². The van der Waals surface area contributed by atoms with E-state index in [4.69, 9.17) is 11.6 Å². The van der Waals surface area contributed by atoms with Crippen molar-refractivity contribution in [2.45, 2.75) is 37.4 Å². The second-order valence-electron chi connectivity index (χ2n) is 7.80. The average molecular weight is 487 g/mol. The van der Waals surface area contributed by atoms with Gasteiger partial charge in [-0.3, -0.25) is 14.3 Å². The molecule has 0 saturated heterocycles. The molecular formula is C22H23ClN6OS2. The summed E-state index contributed by atoms with van der Waals surface area (Å²) in [5, 5.41) is 23.2. The number of anilines is 1. The number of carbonyl (C=O) groups excluding carboxylic acids is 1. The van der Waals surface area contributed by atoms with Gasteiger partial charge in [-0.25, -0.2) is 0 Å². The van der Waals surface area contributed by atoms with E-state index in [0.717, 1.165) is 36.3 Å². The number of amides is 1. The minimum absolute atomic E-state index is 0.0213.